The van der Waals surface area contributed by atoms with Crippen LogP contribution in [0.5, 0.6) is 5.75 Å². The number of ether oxygens (including phenoxy) is 1. The molecule has 170 valence electrons. The maximum Gasteiger partial charge on any atom is 0.295 e. The van der Waals surface area contributed by atoms with E-state index in [9.17, 15) is 14.7 Å². The zero-order valence-corrected chi connectivity index (χ0v) is 20.0. The molecule has 1 N–H and O–H groups in total. The molecule has 8 heteroatoms. The Bertz CT molecular complexity index is 1080. The largest absolute Gasteiger partial charge is 0.507 e. The Morgan fingerprint density at radius 2 is 1.84 bits per heavy atom. The topological polar surface area (TPSA) is 70.1 Å². The van der Waals surface area contributed by atoms with E-state index in [1.165, 1.54) is 4.90 Å². The van der Waals surface area contributed by atoms with Gasteiger partial charge in [-0.25, -0.2) is 0 Å². The Hall–Kier alpha value is -2.54. The number of halogens is 2. The van der Waals surface area contributed by atoms with Crippen LogP contribution in [0.25, 0.3) is 5.76 Å². The van der Waals surface area contributed by atoms with E-state index in [0.717, 1.165) is 12.1 Å². The normalized spacial score (nSPS) is 18.0. The van der Waals surface area contributed by atoms with Gasteiger partial charge in [0, 0.05) is 12.1 Å². The van der Waals surface area contributed by atoms with Gasteiger partial charge in [-0.15, -0.1) is 0 Å². The van der Waals surface area contributed by atoms with Crippen molar-refractivity contribution >= 4 is 40.7 Å². The van der Waals surface area contributed by atoms with Crippen molar-refractivity contribution in [3.05, 3.63) is 68.7 Å². The van der Waals surface area contributed by atoms with Gasteiger partial charge in [0.1, 0.15) is 11.5 Å². The van der Waals surface area contributed by atoms with Gasteiger partial charge >= 0.3 is 0 Å². The fourth-order valence-corrected chi connectivity index (χ4v) is 4.18. The number of carbonyl (C=O) groups is 2. The molecule has 2 aromatic carbocycles. The molecule has 2 aromatic rings. The maximum atomic E-state index is 13.1. The second-order valence-electron chi connectivity index (χ2n) is 8.01. The smallest absolute Gasteiger partial charge is 0.295 e. The third-order valence-corrected chi connectivity index (χ3v) is 6.21. The van der Waals surface area contributed by atoms with Crippen LogP contribution in [0, 0.1) is 6.92 Å². The van der Waals surface area contributed by atoms with Crippen LogP contribution in [0.2, 0.25) is 10.0 Å². The molecule has 6 nitrogen and oxygen atoms in total. The molecule has 0 radical (unpaired) electrons. The van der Waals surface area contributed by atoms with Gasteiger partial charge in [0.15, 0.2) is 0 Å². The molecule has 1 amide bonds. The van der Waals surface area contributed by atoms with E-state index in [0.29, 0.717) is 39.9 Å². The molecule has 0 bridgehead atoms. The third kappa shape index (κ3) is 4.77. The first-order valence-electron chi connectivity index (χ1n) is 10.2. The first-order valence-corrected chi connectivity index (χ1v) is 10.9. The lowest BCUT2D eigenvalue weighted by Crippen LogP contribution is -2.32. The molecule has 1 heterocycles. The van der Waals surface area contributed by atoms with E-state index in [1.54, 1.807) is 43.5 Å². The number of carbonyl (C=O) groups excluding carboxylic acids is 2. The van der Waals surface area contributed by atoms with Crippen molar-refractivity contribution in [2.75, 3.05) is 34.3 Å². The number of methoxy groups -OCH3 is 1. The van der Waals surface area contributed by atoms with Gasteiger partial charge in [0.05, 0.1) is 28.8 Å². The number of nitrogens with zero attached hydrogens (tertiary/aromatic N) is 2. The summed E-state index contributed by atoms with van der Waals surface area (Å²) in [4.78, 5) is 29.5. The molecule has 1 fully saturated rings. The van der Waals surface area contributed by atoms with Crippen molar-refractivity contribution in [2.45, 2.75) is 19.4 Å². The number of aryl methyl sites for hydroxylation is 1. The monoisotopic (exact) mass is 476 g/mol. The van der Waals surface area contributed by atoms with Gasteiger partial charge < -0.3 is 19.6 Å². The van der Waals surface area contributed by atoms with Crippen molar-refractivity contribution in [3.8, 4) is 5.75 Å². The highest BCUT2D eigenvalue weighted by Crippen LogP contribution is 2.41. The molecule has 0 spiro atoms. The number of hydrogen-bond donors (Lipinski definition) is 1. The van der Waals surface area contributed by atoms with Crippen LogP contribution in [0.3, 0.4) is 0 Å². The van der Waals surface area contributed by atoms with E-state index < -0.39 is 17.7 Å². The van der Waals surface area contributed by atoms with Crippen molar-refractivity contribution in [3.63, 3.8) is 0 Å². The number of rotatable bonds is 7. The van der Waals surface area contributed by atoms with E-state index >= 15 is 0 Å². The van der Waals surface area contributed by atoms with Crippen molar-refractivity contribution in [2.24, 2.45) is 0 Å². The summed E-state index contributed by atoms with van der Waals surface area (Å²) in [5.74, 6) is -0.949. The summed E-state index contributed by atoms with van der Waals surface area (Å²) in [5.41, 5.74) is 1.86. The number of hydrogen-bond acceptors (Lipinski definition) is 5. The zero-order chi connectivity index (χ0) is 23.6. The highest BCUT2D eigenvalue weighted by molar-refractivity contribution is 6.46. The molecule has 0 aliphatic carbocycles. The van der Waals surface area contributed by atoms with Crippen LogP contribution < -0.4 is 4.74 Å². The quantitative estimate of drug-likeness (QED) is 0.356. The van der Waals surface area contributed by atoms with Crippen molar-refractivity contribution in [1.82, 2.24) is 9.80 Å². The minimum absolute atomic E-state index is 0.0304. The predicted molar refractivity (Wildman–Crippen MR) is 126 cm³/mol. The Morgan fingerprint density at radius 1 is 1.12 bits per heavy atom. The van der Waals surface area contributed by atoms with Crippen molar-refractivity contribution < 1.29 is 19.4 Å². The standard InChI is InChI=1S/C24H26Cl2N2O4/c1-14-12-16(7-9-19(14)32-4)22(29)20-21(15-6-8-17(25)18(26)13-15)28(24(31)23(20)30)11-5-10-27(2)3/h6-9,12-13,21,29H,5,10-11H2,1-4H3/b22-20+. The lowest BCUT2D eigenvalue weighted by molar-refractivity contribution is -0.139. The van der Waals surface area contributed by atoms with Gasteiger partial charge in [-0.2, -0.15) is 0 Å². The van der Waals surface area contributed by atoms with Crippen LogP contribution in [0.15, 0.2) is 42.0 Å². The molecule has 0 saturated carbocycles. The molecule has 1 atom stereocenters. The van der Waals surface area contributed by atoms with Crippen LogP contribution in [0.1, 0.15) is 29.2 Å². The van der Waals surface area contributed by atoms with Crippen LogP contribution in [-0.2, 0) is 9.59 Å². The average Bonchev–Trinajstić information content (AvgIpc) is 3.00. The second kappa shape index (κ2) is 9.94. The van der Waals surface area contributed by atoms with Gasteiger partial charge in [-0.1, -0.05) is 29.3 Å². The van der Waals surface area contributed by atoms with Crippen LogP contribution in [-0.4, -0.2) is 60.9 Å². The summed E-state index contributed by atoms with van der Waals surface area (Å²) in [7, 11) is 5.44. The van der Waals surface area contributed by atoms with Gasteiger partial charge in [0.2, 0.25) is 0 Å². The molecule has 1 unspecified atom stereocenters. The van der Waals surface area contributed by atoms with E-state index in [2.05, 4.69) is 0 Å². The summed E-state index contributed by atoms with van der Waals surface area (Å²) in [5, 5.41) is 11.8. The second-order valence-corrected chi connectivity index (χ2v) is 8.82. The number of aliphatic hydroxyl groups is 1. The summed E-state index contributed by atoms with van der Waals surface area (Å²) in [6, 6.07) is 9.30. The third-order valence-electron chi connectivity index (χ3n) is 5.47. The number of likely N-dealkylation sites (tertiary alicyclic amines) is 1. The summed E-state index contributed by atoms with van der Waals surface area (Å²) in [6.07, 6.45) is 0.666. The Kier molecular flexibility index (Phi) is 7.49. The van der Waals surface area contributed by atoms with Gasteiger partial charge in [0.25, 0.3) is 11.7 Å². The fraction of sp³-hybridized carbons (Fsp3) is 0.333. The number of Topliss-reactive ketones (excluding diaryl/α,β-unsaturated/α-hetero) is 1. The van der Waals surface area contributed by atoms with Crippen molar-refractivity contribution in [1.29, 1.82) is 0 Å². The maximum absolute atomic E-state index is 13.1. The Morgan fingerprint density at radius 3 is 2.44 bits per heavy atom. The van der Waals surface area contributed by atoms with E-state index in [1.807, 2.05) is 25.9 Å². The van der Waals surface area contributed by atoms with Gasteiger partial charge in [-0.3, -0.25) is 9.59 Å². The molecule has 3 rings (SSSR count). The lowest BCUT2D eigenvalue weighted by Gasteiger charge is -2.26. The number of ketones is 1. The summed E-state index contributed by atoms with van der Waals surface area (Å²) < 4.78 is 5.28. The predicted octanol–water partition coefficient (Wildman–Crippen LogP) is 4.68. The summed E-state index contributed by atoms with van der Waals surface area (Å²) >= 11 is 12.3. The first-order chi connectivity index (χ1) is 15.1. The minimum Gasteiger partial charge on any atom is -0.507 e. The van der Waals surface area contributed by atoms with Crippen LogP contribution in [0.4, 0.5) is 0 Å². The molecule has 1 aliphatic rings. The Labute approximate surface area is 198 Å². The molecule has 0 aromatic heterocycles. The average molecular weight is 477 g/mol. The molecule has 1 saturated heterocycles. The lowest BCUT2D eigenvalue weighted by atomic mass is 9.94. The highest BCUT2D eigenvalue weighted by Gasteiger charge is 2.45. The fourth-order valence-electron chi connectivity index (χ4n) is 3.88. The van der Waals surface area contributed by atoms with E-state index in [-0.39, 0.29) is 11.3 Å². The molecule has 1 aliphatic heterocycles. The number of aliphatic hydroxyl groups excluding tert-OH is 1. The molecular weight excluding hydrogens is 451 g/mol. The summed E-state index contributed by atoms with van der Waals surface area (Å²) in [6.45, 7) is 2.94. The first kappa shape index (κ1) is 24.1. The SMILES string of the molecule is COc1ccc(/C(O)=C2\C(=O)C(=O)N(CCCN(C)C)C2c2ccc(Cl)c(Cl)c2)cc1C. The molecule has 32 heavy (non-hydrogen) atoms. The number of amides is 1. The number of benzene rings is 2. The minimum atomic E-state index is -0.769. The van der Waals surface area contributed by atoms with E-state index in [4.69, 9.17) is 27.9 Å². The van der Waals surface area contributed by atoms with Crippen LogP contribution >= 0.6 is 23.2 Å². The Balaban J connectivity index is 2.13. The van der Waals surface area contributed by atoms with Gasteiger partial charge in [-0.05, 0) is 75.4 Å². The molecular formula is C24H26Cl2N2O4. The zero-order valence-electron chi connectivity index (χ0n) is 18.5. The highest BCUT2D eigenvalue weighted by atomic mass is 35.5.